The number of carbonyl (C=O) groups is 1. The lowest BCUT2D eigenvalue weighted by Gasteiger charge is -2.06. The first-order chi connectivity index (χ1) is 8.06. The minimum absolute atomic E-state index is 0.0429. The molecular weight excluding hydrogens is 234 g/mol. The average Bonchev–Trinajstić information content (AvgIpc) is 2.30. The molecule has 0 atom stereocenters. The van der Waals surface area contributed by atoms with E-state index in [1.807, 2.05) is 6.07 Å². The molecule has 0 unspecified atom stereocenters. The number of rotatable bonds is 2. The normalized spacial score (nSPS) is 11.1. The Morgan fingerprint density at radius 3 is 2.47 bits per heavy atom. The molecule has 0 spiro atoms. The lowest BCUT2D eigenvalue weighted by atomic mass is 10.2. The molecule has 17 heavy (non-hydrogen) atoms. The zero-order chi connectivity index (χ0) is 12.8. The zero-order valence-electron chi connectivity index (χ0n) is 9.23. The molecule has 1 aromatic rings. The third kappa shape index (κ3) is 3.40. The Bertz CT molecular complexity index is 510. The highest BCUT2D eigenvalue weighted by molar-refractivity contribution is 7.80. The topological polar surface area (TPSA) is 78.9 Å². The van der Waals surface area contributed by atoms with Gasteiger partial charge in [-0.2, -0.15) is 5.26 Å². The second-order valence-corrected chi connectivity index (χ2v) is 3.73. The minimum atomic E-state index is -0.357. The fourth-order valence-corrected chi connectivity index (χ4v) is 1.44. The van der Waals surface area contributed by atoms with Crippen LogP contribution in [0.25, 0.3) is 0 Å². The molecule has 0 aliphatic carbocycles. The zero-order valence-corrected chi connectivity index (χ0v) is 10.0. The smallest absolute Gasteiger partial charge is 0.256 e. The van der Waals surface area contributed by atoms with Crippen molar-refractivity contribution in [2.45, 2.75) is 6.92 Å². The van der Waals surface area contributed by atoms with Crippen LogP contribution in [0.1, 0.15) is 17.3 Å². The molecule has 1 rings (SSSR count). The van der Waals surface area contributed by atoms with Gasteiger partial charge in [0.25, 0.3) is 5.91 Å². The first kappa shape index (κ1) is 12.9. The quantitative estimate of drug-likeness (QED) is 0.470. The van der Waals surface area contributed by atoms with Gasteiger partial charge in [-0.05, 0) is 19.1 Å². The van der Waals surface area contributed by atoms with Gasteiger partial charge in [-0.15, -0.1) is 0 Å². The van der Waals surface area contributed by atoms with Crippen LogP contribution in [-0.4, -0.2) is 10.9 Å². The minimum Gasteiger partial charge on any atom is -0.401 e. The fourth-order valence-electron chi connectivity index (χ4n) is 1.15. The number of amides is 1. The van der Waals surface area contributed by atoms with Gasteiger partial charge in [0.2, 0.25) is 0 Å². The van der Waals surface area contributed by atoms with Crippen molar-refractivity contribution in [1.82, 2.24) is 5.32 Å². The van der Waals surface area contributed by atoms with Gasteiger partial charge in [0.15, 0.2) is 0 Å². The van der Waals surface area contributed by atoms with Crippen LogP contribution in [0.3, 0.4) is 0 Å². The van der Waals surface area contributed by atoms with Gasteiger partial charge in [0.1, 0.15) is 16.6 Å². The number of allylic oxidation sites excluding steroid dienone is 1. The second-order valence-electron chi connectivity index (χ2n) is 3.32. The summed E-state index contributed by atoms with van der Waals surface area (Å²) in [7, 11) is 0. The summed E-state index contributed by atoms with van der Waals surface area (Å²) in [6.45, 7) is 1.56. The average molecular weight is 245 g/mol. The maximum Gasteiger partial charge on any atom is 0.256 e. The predicted molar refractivity (Wildman–Crippen MR) is 69.0 cm³/mol. The van der Waals surface area contributed by atoms with Crippen molar-refractivity contribution in [3.8, 4) is 6.07 Å². The molecular formula is C12H11N3OS. The number of nitrogens with one attached hydrogen (secondary N) is 1. The van der Waals surface area contributed by atoms with Crippen molar-refractivity contribution in [3.05, 3.63) is 47.2 Å². The summed E-state index contributed by atoms with van der Waals surface area (Å²) < 4.78 is 0. The van der Waals surface area contributed by atoms with Crippen molar-refractivity contribution in [2.75, 3.05) is 0 Å². The molecule has 0 aromatic heterocycles. The number of carbonyl (C=O) groups excluding carboxylic acids is 1. The molecule has 86 valence electrons. The van der Waals surface area contributed by atoms with E-state index in [2.05, 4.69) is 5.32 Å². The second kappa shape index (κ2) is 5.77. The summed E-state index contributed by atoms with van der Waals surface area (Å²) in [5, 5.41) is 11.3. The first-order valence-corrected chi connectivity index (χ1v) is 5.24. The lowest BCUT2D eigenvalue weighted by molar-refractivity contribution is 0.0978. The summed E-state index contributed by atoms with van der Waals surface area (Å²) >= 11 is 4.93. The van der Waals surface area contributed by atoms with Crippen molar-refractivity contribution < 1.29 is 4.79 Å². The number of thiocarbonyl (C=S) groups is 1. The van der Waals surface area contributed by atoms with Gasteiger partial charge >= 0.3 is 0 Å². The molecule has 1 aromatic carbocycles. The highest BCUT2D eigenvalue weighted by Crippen LogP contribution is 2.02. The van der Waals surface area contributed by atoms with Crippen LogP contribution in [0.2, 0.25) is 0 Å². The van der Waals surface area contributed by atoms with Crippen LogP contribution in [0.4, 0.5) is 0 Å². The molecule has 0 saturated heterocycles. The molecule has 4 nitrogen and oxygen atoms in total. The van der Waals surface area contributed by atoms with Gasteiger partial charge in [-0.1, -0.05) is 30.4 Å². The van der Waals surface area contributed by atoms with E-state index >= 15 is 0 Å². The summed E-state index contributed by atoms with van der Waals surface area (Å²) in [5.74, 6) is -0.357. The molecule has 0 radical (unpaired) electrons. The van der Waals surface area contributed by atoms with E-state index in [1.165, 1.54) is 0 Å². The van der Waals surface area contributed by atoms with Crippen molar-refractivity contribution in [1.29, 1.82) is 5.26 Å². The summed E-state index contributed by atoms with van der Waals surface area (Å²) in [5.41, 5.74) is 6.35. The molecule has 0 aliphatic rings. The van der Waals surface area contributed by atoms with Gasteiger partial charge in [0.05, 0.1) is 0 Å². The van der Waals surface area contributed by atoms with Crippen LogP contribution in [0, 0.1) is 11.3 Å². The molecule has 0 saturated carbocycles. The van der Waals surface area contributed by atoms with E-state index < -0.39 is 0 Å². The number of hydrogen-bond donors (Lipinski definition) is 2. The van der Waals surface area contributed by atoms with Crippen molar-refractivity contribution in [2.24, 2.45) is 5.73 Å². The first-order valence-electron chi connectivity index (χ1n) is 4.83. The number of hydrogen-bond acceptors (Lipinski definition) is 4. The van der Waals surface area contributed by atoms with Crippen LogP contribution in [0.15, 0.2) is 41.6 Å². The SMILES string of the molecule is CC(N)=C(C#N)C(=S)NC(=O)c1ccccc1. The third-order valence-corrected chi connectivity index (χ3v) is 2.30. The highest BCUT2D eigenvalue weighted by Gasteiger charge is 2.11. The third-order valence-electron chi connectivity index (χ3n) is 2.00. The Kier molecular flexibility index (Phi) is 4.37. The largest absolute Gasteiger partial charge is 0.401 e. The van der Waals surface area contributed by atoms with Gasteiger partial charge in [-0.3, -0.25) is 4.79 Å². The Labute approximate surface area is 105 Å². The monoisotopic (exact) mass is 245 g/mol. The molecule has 0 fully saturated rings. The van der Waals surface area contributed by atoms with E-state index in [0.29, 0.717) is 5.56 Å². The van der Waals surface area contributed by atoms with Gasteiger partial charge in [-0.25, -0.2) is 0 Å². The maximum absolute atomic E-state index is 11.7. The Hall–Kier alpha value is -2.19. The summed E-state index contributed by atoms with van der Waals surface area (Å²) in [6.07, 6.45) is 0. The molecule has 3 N–H and O–H groups in total. The van der Waals surface area contributed by atoms with E-state index in [1.54, 1.807) is 37.3 Å². The number of nitriles is 1. The van der Waals surface area contributed by atoms with Gasteiger partial charge < -0.3 is 11.1 Å². The highest BCUT2D eigenvalue weighted by atomic mass is 32.1. The van der Waals surface area contributed by atoms with Crippen molar-refractivity contribution >= 4 is 23.1 Å². The summed E-state index contributed by atoms with van der Waals surface area (Å²) in [4.78, 5) is 11.8. The molecule has 0 heterocycles. The Morgan fingerprint density at radius 1 is 1.41 bits per heavy atom. The van der Waals surface area contributed by atoms with E-state index in [-0.39, 0.29) is 22.2 Å². The van der Waals surface area contributed by atoms with Crippen LogP contribution in [0.5, 0.6) is 0 Å². The Morgan fingerprint density at radius 2 is 2.00 bits per heavy atom. The number of nitrogens with two attached hydrogens (primary N) is 1. The van der Waals surface area contributed by atoms with E-state index in [4.69, 9.17) is 23.2 Å². The van der Waals surface area contributed by atoms with E-state index in [0.717, 1.165) is 0 Å². The van der Waals surface area contributed by atoms with Gasteiger partial charge in [0, 0.05) is 11.3 Å². The number of nitrogens with zero attached hydrogens (tertiary/aromatic N) is 1. The fraction of sp³-hybridized carbons (Fsp3) is 0.0833. The van der Waals surface area contributed by atoms with E-state index in [9.17, 15) is 4.79 Å². The maximum atomic E-state index is 11.7. The standard InChI is InChI=1S/C12H11N3OS/c1-8(14)10(7-13)12(17)15-11(16)9-5-3-2-4-6-9/h2-6H,14H2,1H3,(H,15,16,17). The number of benzene rings is 1. The van der Waals surface area contributed by atoms with Crippen molar-refractivity contribution in [3.63, 3.8) is 0 Å². The van der Waals surface area contributed by atoms with Crippen LogP contribution >= 0.6 is 12.2 Å². The predicted octanol–water partition coefficient (Wildman–Crippen LogP) is 1.50. The molecule has 5 heteroatoms. The summed E-state index contributed by atoms with van der Waals surface area (Å²) in [6, 6.07) is 10.5. The van der Waals surface area contributed by atoms with Crippen LogP contribution in [-0.2, 0) is 0 Å². The Balaban J connectivity index is 2.82. The van der Waals surface area contributed by atoms with Crippen LogP contribution < -0.4 is 11.1 Å². The molecule has 0 aliphatic heterocycles. The lowest BCUT2D eigenvalue weighted by Crippen LogP contribution is -2.30. The molecule has 0 bridgehead atoms. The molecule has 1 amide bonds.